The maximum atomic E-state index is 13.6. The van der Waals surface area contributed by atoms with Crippen molar-refractivity contribution in [2.24, 2.45) is 23.7 Å². The van der Waals surface area contributed by atoms with E-state index in [0.29, 0.717) is 24.2 Å². The second kappa shape index (κ2) is 14.6. The van der Waals surface area contributed by atoms with Gasteiger partial charge in [-0.15, -0.1) is 0 Å². The number of carbonyl (C=O) groups excluding carboxylic acids is 4. The number of ether oxygens (including phenoxy) is 2. The molecule has 48 heavy (non-hydrogen) atoms. The second-order valence-corrected chi connectivity index (χ2v) is 21.1. The molecule has 2 saturated heterocycles. The van der Waals surface area contributed by atoms with Crippen LogP contribution in [0.25, 0.3) is 0 Å². The number of amides is 2. The van der Waals surface area contributed by atoms with Crippen molar-refractivity contribution in [2.45, 2.75) is 77.5 Å². The number of rotatable bonds is 11. The van der Waals surface area contributed by atoms with Gasteiger partial charge >= 0.3 is 297 Å². The molecule has 2 heterocycles. The summed E-state index contributed by atoms with van der Waals surface area (Å²) in [6.45, 7) is 16.8. The number of hydrogen-bond donors (Lipinski definition) is 4. The van der Waals surface area contributed by atoms with Crippen LogP contribution in [0.4, 0.5) is 0 Å². The van der Waals surface area contributed by atoms with Gasteiger partial charge in [-0.25, -0.2) is 0 Å². The number of esters is 2. The van der Waals surface area contributed by atoms with E-state index in [1.54, 1.807) is 0 Å². The van der Waals surface area contributed by atoms with E-state index in [-0.39, 0.29) is 61.9 Å². The first-order valence-corrected chi connectivity index (χ1v) is 22.2. The van der Waals surface area contributed by atoms with Crippen LogP contribution in [0.3, 0.4) is 0 Å². The van der Waals surface area contributed by atoms with Crippen LogP contribution in [0, 0.1) is 23.7 Å². The zero-order valence-electron chi connectivity index (χ0n) is 29.6. The Balaban J connectivity index is 1.45. The topological polar surface area (TPSA) is 135 Å². The number of hydrogen-bond acceptors (Lipinski definition) is 8. The molecule has 0 unspecified atom stereocenters. The number of benzene rings is 2. The predicted octanol–water partition coefficient (Wildman–Crippen LogP) is 1.55. The van der Waals surface area contributed by atoms with Gasteiger partial charge in [0.25, 0.3) is 0 Å². The van der Waals surface area contributed by atoms with E-state index in [1.807, 2.05) is 104 Å². The molecule has 262 valence electrons. The van der Waals surface area contributed by atoms with Crippen molar-refractivity contribution in [1.29, 1.82) is 0 Å². The van der Waals surface area contributed by atoms with Crippen molar-refractivity contribution < 1.29 is 28.7 Å². The third kappa shape index (κ3) is 8.01. The SMILES string of the molecule is COC(=O)[C@H]1[C@H](CNC(=O)c2ccccc2[Se][Se]c2ccccc2C(=O)NC[C@H]2[C@H](C(=O)OC)C(C)(C)NC2(C)C)C(C)(C)NC1(C)C. The number of methoxy groups -OCH3 is 2. The van der Waals surface area contributed by atoms with E-state index in [1.165, 1.54) is 14.2 Å². The molecule has 4 atom stereocenters. The van der Waals surface area contributed by atoms with Crippen LogP contribution in [0.2, 0.25) is 0 Å². The van der Waals surface area contributed by atoms with Gasteiger partial charge in [-0.2, -0.15) is 0 Å². The van der Waals surface area contributed by atoms with Crippen molar-refractivity contribution in [3.05, 3.63) is 59.7 Å². The minimum atomic E-state index is -0.487. The summed E-state index contributed by atoms with van der Waals surface area (Å²) in [5.41, 5.74) is -0.560. The van der Waals surface area contributed by atoms with Gasteiger partial charge in [0.05, 0.1) is 0 Å². The summed E-state index contributed by atoms with van der Waals surface area (Å²) in [5.74, 6) is -2.13. The third-order valence-corrected chi connectivity index (χ3v) is 17.1. The van der Waals surface area contributed by atoms with Crippen LogP contribution in [-0.4, -0.2) is 99.5 Å². The Morgan fingerprint density at radius 2 is 0.938 bits per heavy atom. The van der Waals surface area contributed by atoms with Gasteiger partial charge in [0.2, 0.25) is 0 Å². The van der Waals surface area contributed by atoms with Crippen LogP contribution < -0.4 is 30.2 Å². The van der Waals surface area contributed by atoms with Gasteiger partial charge in [0.1, 0.15) is 0 Å². The monoisotopic (exact) mass is 794 g/mol. The summed E-state index contributed by atoms with van der Waals surface area (Å²) in [5, 5.41) is 13.3. The van der Waals surface area contributed by atoms with Crippen LogP contribution in [0.15, 0.2) is 48.5 Å². The fraction of sp³-hybridized carbons (Fsp3) is 0.556. The molecule has 4 N–H and O–H groups in total. The normalized spacial score (nSPS) is 24.8. The molecule has 2 aliphatic heterocycles. The first-order chi connectivity index (χ1) is 22.4. The van der Waals surface area contributed by atoms with Gasteiger partial charge < -0.3 is 0 Å². The van der Waals surface area contributed by atoms with Crippen molar-refractivity contribution in [3.63, 3.8) is 0 Å². The van der Waals surface area contributed by atoms with Gasteiger partial charge in [-0.1, -0.05) is 0 Å². The molecule has 0 spiro atoms. The average Bonchev–Trinajstić information content (AvgIpc) is 3.33. The van der Waals surface area contributed by atoms with Crippen molar-refractivity contribution in [2.75, 3.05) is 27.3 Å². The first kappa shape index (κ1) is 38.1. The Morgan fingerprint density at radius 3 is 1.27 bits per heavy atom. The predicted molar refractivity (Wildman–Crippen MR) is 189 cm³/mol. The van der Waals surface area contributed by atoms with E-state index in [9.17, 15) is 19.2 Å². The zero-order valence-corrected chi connectivity index (χ0v) is 33.0. The molecule has 2 fully saturated rings. The molecule has 0 saturated carbocycles. The molecule has 2 amide bonds. The van der Waals surface area contributed by atoms with Gasteiger partial charge in [0.15, 0.2) is 0 Å². The zero-order chi connectivity index (χ0) is 35.7. The molecule has 0 bridgehead atoms. The Bertz CT molecular complexity index is 1430. The number of nitrogens with one attached hydrogen (secondary N) is 4. The van der Waals surface area contributed by atoms with E-state index >= 15 is 0 Å². The molecule has 2 aromatic rings. The molecular formula is C36H50N4O6Se2. The molecule has 0 aliphatic carbocycles. The van der Waals surface area contributed by atoms with Gasteiger partial charge in [0, 0.05) is 0 Å². The molecule has 12 heteroatoms. The van der Waals surface area contributed by atoms with E-state index in [0.717, 1.165) is 8.92 Å². The summed E-state index contributed by atoms with van der Waals surface area (Å²) >= 11 is -0.196. The second-order valence-electron chi connectivity index (χ2n) is 14.9. The molecule has 10 nitrogen and oxygen atoms in total. The molecule has 2 aromatic carbocycles. The van der Waals surface area contributed by atoms with Crippen molar-refractivity contribution in [3.8, 4) is 0 Å². The summed E-state index contributed by atoms with van der Waals surface area (Å²) in [4.78, 5) is 52.8. The molecule has 4 rings (SSSR count). The van der Waals surface area contributed by atoms with Crippen molar-refractivity contribution in [1.82, 2.24) is 21.3 Å². The minimum absolute atomic E-state index is 0.0978. The van der Waals surface area contributed by atoms with Crippen LogP contribution in [-0.2, 0) is 19.1 Å². The Kier molecular flexibility index (Phi) is 11.6. The fourth-order valence-electron chi connectivity index (χ4n) is 7.90. The van der Waals surface area contributed by atoms with Crippen LogP contribution in [0.1, 0.15) is 76.1 Å². The van der Waals surface area contributed by atoms with Gasteiger partial charge in [-0.3, -0.25) is 0 Å². The third-order valence-electron chi connectivity index (χ3n) is 9.86. The molecule has 0 aromatic heterocycles. The molecule has 0 radical (unpaired) electrons. The van der Waals surface area contributed by atoms with E-state index < -0.39 is 34.0 Å². The standard InChI is InChI=1S/C36H50N4O6Se2/c1-33(2)23(27(31(43)45-9)35(5,6)39-33)19-37-29(41)21-15-11-13-17-25(21)47-48-26-18-14-12-16-22(26)30(42)38-20-24-28(32(44)46-10)36(7,8)40-34(24,3)4/h11-18,23-24,27-28,39-40H,19-20H2,1-10H3,(H,37,41)(H,38,42)/t23-,24-,27+,28+/m0/s1. The first-order valence-electron chi connectivity index (χ1n) is 16.2. The van der Waals surface area contributed by atoms with E-state index in [2.05, 4.69) is 21.3 Å². The Morgan fingerprint density at radius 1 is 0.604 bits per heavy atom. The maximum absolute atomic E-state index is 13.6. The fourth-order valence-corrected chi connectivity index (χ4v) is 15.0. The van der Waals surface area contributed by atoms with Crippen LogP contribution >= 0.6 is 0 Å². The number of carbonyl (C=O) groups is 4. The van der Waals surface area contributed by atoms with Crippen molar-refractivity contribution >= 4 is 58.9 Å². The summed E-state index contributed by atoms with van der Waals surface area (Å²) in [6, 6.07) is 15.2. The van der Waals surface area contributed by atoms with Crippen LogP contribution in [0.5, 0.6) is 0 Å². The summed E-state index contributed by atoms with van der Waals surface area (Å²) in [6.07, 6.45) is 0. The molecular weight excluding hydrogens is 742 g/mol. The van der Waals surface area contributed by atoms with Gasteiger partial charge in [-0.05, 0) is 0 Å². The average molecular weight is 793 g/mol. The Hall–Kier alpha value is -2.72. The van der Waals surface area contributed by atoms with E-state index in [4.69, 9.17) is 9.47 Å². The summed E-state index contributed by atoms with van der Waals surface area (Å²) in [7, 11) is 2.80. The Labute approximate surface area is 295 Å². The molecule has 2 aliphatic rings. The summed E-state index contributed by atoms with van der Waals surface area (Å²) < 4.78 is 12.2. The quantitative estimate of drug-likeness (QED) is 0.199.